The summed E-state index contributed by atoms with van der Waals surface area (Å²) in [4.78, 5) is 22.7. The van der Waals surface area contributed by atoms with E-state index in [4.69, 9.17) is 4.74 Å². The molecule has 1 aliphatic rings. The summed E-state index contributed by atoms with van der Waals surface area (Å²) in [5.41, 5.74) is -0.458. The fourth-order valence-corrected chi connectivity index (χ4v) is 2.68. The normalized spacial score (nSPS) is 16.5. The van der Waals surface area contributed by atoms with E-state index in [0.29, 0.717) is 0 Å². The van der Waals surface area contributed by atoms with Gasteiger partial charge in [-0.1, -0.05) is 11.8 Å². The molecule has 0 aromatic carbocycles. The number of carbonyl (C=O) groups is 1. The van der Waals surface area contributed by atoms with Crippen molar-refractivity contribution >= 4 is 23.7 Å². The molecule has 1 saturated heterocycles. The average molecular weight is 324 g/mol. The highest BCUT2D eigenvalue weighted by molar-refractivity contribution is 7.98. The molecule has 0 bridgehead atoms. The zero-order chi connectivity index (χ0) is 16.2. The number of rotatable bonds is 3. The van der Waals surface area contributed by atoms with Crippen LogP contribution >= 0.6 is 11.8 Å². The van der Waals surface area contributed by atoms with Gasteiger partial charge in [-0.15, -0.1) is 0 Å². The fourth-order valence-electron chi connectivity index (χ4n) is 2.33. The number of piperidine rings is 1. The van der Waals surface area contributed by atoms with Crippen LogP contribution in [-0.4, -0.2) is 47.0 Å². The van der Waals surface area contributed by atoms with Crippen LogP contribution in [0.15, 0.2) is 17.4 Å². The SMILES string of the molecule is CSc1nccc(N2CCC(NC(=O)OC(C)(C)C)CC2)n1. The lowest BCUT2D eigenvalue weighted by Crippen LogP contribution is -2.46. The van der Waals surface area contributed by atoms with E-state index in [1.807, 2.05) is 33.1 Å². The lowest BCUT2D eigenvalue weighted by molar-refractivity contribution is 0.0497. The second kappa shape index (κ2) is 7.17. The van der Waals surface area contributed by atoms with E-state index in [9.17, 15) is 4.79 Å². The van der Waals surface area contributed by atoms with E-state index in [-0.39, 0.29) is 12.1 Å². The lowest BCUT2D eigenvalue weighted by atomic mass is 10.1. The number of amides is 1. The third-order valence-electron chi connectivity index (χ3n) is 3.34. The van der Waals surface area contributed by atoms with Crippen molar-refractivity contribution in [2.24, 2.45) is 0 Å². The van der Waals surface area contributed by atoms with Gasteiger partial charge < -0.3 is 15.0 Å². The van der Waals surface area contributed by atoms with Gasteiger partial charge in [0.2, 0.25) is 0 Å². The Balaban J connectivity index is 1.84. The van der Waals surface area contributed by atoms with E-state index < -0.39 is 5.60 Å². The van der Waals surface area contributed by atoms with Gasteiger partial charge in [0.15, 0.2) is 5.16 Å². The smallest absolute Gasteiger partial charge is 0.407 e. The van der Waals surface area contributed by atoms with Crippen molar-refractivity contribution in [3.63, 3.8) is 0 Å². The van der Waals surface area contributed by atoms with Crippen molar-refractivity contribution in [1.29, 1.82) is 0 Å². The van der Waals surface area contributed by atoms with Crippen LogP contribution in [0.25, 0.3) is 0 Å². The topological polar surface area (TPSA) is 67.4 Å². The van der Waals surface area contributed by atoms with Gasteiger partial charge in [-0.25, -0.2) is 14.8 Å². The van der Waals surface area contributed by atoms with E-state index in [0.717, 1.165) is 36.9 Å². The Morgan fingerprint density at radius 2 is 2.09 bits per heavy atom. The van der Waals surface area contributed by atoms with Gasteiger partial charge in [-0.05, 0) is 45.9 Å². The summed E-state index contributed by atoms with van der Waals surface area (Å²) >= 11 is 1.54. The zero-order valence-electron chi connectivity index (χ0n) is 13.6. The number of nitrogens with one attached hydrogen (secondary N) is 1. The van der Waals surface area contributed by atoms with Crippen LogP contribution in [-0.2, 0) is 4.74 Å². The molecular formula is C15H24N4O2S. The minimum Gasteiger partial charge on any atom is -0.444 e. The van der Waals surface area contributed by atoms with Gasteiger partial charge in [-0.3, -0.25) is 0 Å². The minimum absolute atomic E-state index is 0.160. The van der Waals surface area contributed by atoms with Gasteiger partial charge in [0.25, 0.3) is 0 Å². The summed E-state index contributed by atoms with van der Waals surface area (Å²) in [5.74, 6) is 0.954. The highest BCUT2D eigenvalue weighted by Crippen LogP contribution is 2.20. The third kappa shape index (κ3) is 5.05. The molecule has 0 unspecified atom stereocenters. The van der Waals surface area contributed by atoms with Crippen molar-refractivity contribution in [2.75, 3.05) is 24.2 Å². The van der Waals surface area contributed by atoms with Crippen LogP contribution in [0.3, 0.4) is 0 Å². The Labute approximate surface area is 136 Å². The van der Waals surface area contributed by atoms with Gasteiger partial charge >= 0.3 is 6.09 Å². The molecule has 1 aromatic heterocycles. The number of hydrogen-bond donors (Lipinski definition) is 1. The van der Waals surface area contributed by atoms with Crippen LogP contribution < -0.4 is 10.2 Å². The third-order valence-corrected chi connectivity index (χ3v) is 3.90. The van der Waals surface area contributed by atoms with Crippen LogP contribution in [0.5, 0.6) is 0 Å². The van der Waals surface area contributed by atoms with Gasteiger partial charge in [0, 0.05) is 25.3 Å². The molecular weight excluding hydrogens is 300 g/mol. The van der Waals surface area contributed by atoms with Crippen molar-refractivity contribution in [2.45, 2.75) is 50.4 Å². The predicted octanol–water partition coefficient (Wildman–Crippen LogP) is 2.69. The van der Waals surface area contributed by atoms with Gasteiger partial charge in [-0.2, -0.15) is 0 Å². The van der Waals surface area contributed by atoms with E-state index in [1.165, 1.54) is 11.8 Å². The number of alkyl carbamates (subject to hydrolysis) is 1. The molecule has 0 saturated carbocycles. The van der Waals surface area contributed by atoms with E-state index in [1.54, 1.807) is 6.20 Å². The first-order chi connectivity index (χ1) is 10.4. The molecule has 0 spiro atoms. The molecule has 1 aromatic rings. The van der Waals surface area contributed by atoms with Crippen molar-refractivity contribution in [1.82, 2.24) is 15.3 Å². The summed E-state index contributed by atoms with van der Waals surface area (Å²) in [7, 11) is 0. The summed E-state index contributed by atoms with van der Waals surface area (Å²) in [6, 6.07) is 2.09. The first kappa shape index (κ1) is 16.9. The summed E-state index contributed by atoms with van der Waals surface area (Å²) in [6.07, 6.45) is 5.20. The fraction of sp³-hybridized carbons (Fsp3) is 0.667. The van der Waals surface area contributed by atoms with Gasteiger partial charge in [0.1, 0.15) is 11.4 Å². The summed E-state index contributed by atoms with van der Waals surface area (Å²) in [5, 5.41) is 3.73. The first-order valence-corrected chi connectivity index (χ1v) is 8.71. The maximum atomic E-state index is 11.8. The molecule has 1 amide bonds. The number of aromatic nitrogens is 2. The minimum atomic E-state index is -0.458. The zero-order valence-corrected chi connectivity index (χ0v) is 14.4. The van der Waals surface area contributed by atoms with Crippen LogP contribution in [0.1, 0.15) is 33.6 Å². The summed E-state index contributed by atoms with van der Waals surface area (Å²) < 4.78 is 5.30. The van der Waals surface area contributed by atoms with E-state index in [2.05, 4.69) is 20.2 Å². The first-order valence-electron chi connectivity index (χ1n) is 7.49. The van der Waals surface area contributed by atoms with Gasteiger partial charge in [0.05, 0.1) is 0 Å². The largest absolute Gasteiger partial charge is 0.444 e. The predicted molar refractivity (Wildman–Crippen MR) is 88.4 cm³/mol. The molecule has 22 heavy (non-hydrogen) atoms. The molecule has 0 atom stereocenters. The van der Waals surface area contributed by atoms with Crippen molar-refractivity contribution < 1.29 is 9.53 Å². The molecule has 1 fully saturated rings. The molecule has 2 heterocycles. The maximum Gasteiger partial charge on any atom is 0.407 e. The monoisotopic (exact) mass is 324 g/mol. The Kier molecular flexibility index (Phi) is 5.50. The second-order valence-electron chi connectivity index (χ2n) is 6.31. The Morgan fingerprint density at radius 3 is 2.68 bits per heavy atom. The quantitative estimate of drug-likeness (QED) is 0.681. The highest BCUT2D eigenvalue weighted by atomic mass is 32.2. The van der Waals surface area contributed by atoms with Crippen LogP contribution in [0.2, 0.25) is 0 Å². The molecule has 1 aliphatic heterocycles. The Bertz CT molecular complexity index is 511. The van der Waals surface area contributed by atoms with Crippen molar-refractivity contribution in [3.8, 4) is 0 Å². The average Bonchev–Trinajstić information content (AvgIpc) is 2.46. The number of hydrogen-bond acceptors (Lipinski definition) is 6. The number of thioether (sulfide) groups is 1. The lowest BCUT2D eigenvalue weighted by Gasteiger charge is -2.33. The Morgan fingerprint density at radius 1 is 1.41 bits per heavy atom. The van der Waals surface area contributed by atoms with Crippen LogP contribution in [0.4, 0.5) is 10.6 Å². The summed E-state index contributed by atoms with van der Waals surface area (Å²) in [6.45, 7) is 7.34. The number of anilines is 1. The molecule has 0 aliphatic carbocycles. The standard InChI is InChI=1S/C15H24N4O2S/c1-15(2,3)21-14(20)17-11-6-9-19(10-7-11)12-5-8-16-13(18-12)22-4/h5,8,11H,6-7,9-10H2,1-4H3,(H,17,20). The number of ether oxygens (including phenoxy) is 1. The molecule has 6 nitrogen and oxygen atoms in total. The molecule has 7 heteroatoms. The molecule has 2 rings (SSSR count). The highest BCUT2D eigenvalue weighted by Gasteiger charge is 2.24. The molecule has 1 N–H and O–H groups in total. The van der Waals surface area contributed by atoms with Crippen molar-refractivity contribution in [3.05, 3.63) is 12.3 Å². The number of nitrogens with zero attached hydrogens (tertiary/aromatic N) is 3. The molecule has 122 valence electrons. The second-order valence-corrected chi connectivity index (χ2v) is 7.08. The maximum absolute atomic E-state index is 11.8. The van der Waals surface area contributed by atoms with Crippen LogP contribution in [0, 0.1) is 0 Å². The number of carbonyl (C=O) groups excluding carboxylic acids is 1. The molecule has 0 radical (unpaired) electrons. The van der Waals surface area contributed by atoms with E-state index >= 15 is 0 Å². The Hall–Kier alpha value is -1.50.